The first-order valence-electron chi connectivity index (χ1n) is 6.91. The molecule has 0 bridgehead atoms. The van der Waals surface area contributed by atoms with E-state index in [1.807, 2.05) is 25.1 Å². The van der Waals surface area contributed by atoms with Gasteiger partial charge in [0.05, 0.1) is 7.11 Å². The van der Waals surface area contributed by atoms with E-state index in [1.54, 1.807) is 21.0 Å². The Balaban J connectivity index is 2.10. The van der Waals surface area contributed by atoms with Gasteiger partial charge < -0.3 is 9.26 Å². The zero-order chi connectivity index (χ0) is 16.3. The summed E-state index contributed by atoms with van der Waals surface area (Å²) >= 11 is 0. The van der Waals surface area contributed by atoms with E-state index in [4.69, 9.17) is 9.26 Å². The third kappa shape index (κ3) is 3.48. The van der Waals surface area contributed by atoms with E-state index >= 15 is 0 Å². The Labute approximate surface area is 130 Å². The van der Waals surface area contributed by atoms with E-state index in [-0.39, 0.29) is 17.2 Å². The van der Waals surface area contributed by atoms with Crippen molar-refractivity contribution in [3.63, 3.8) is 0 Å². The highest BCUT2D eigenvalue weighted by Gasteiger charge is 2.23. The Morgan fingerprint density at radius 3 is 2.59 bits per heavy atom. The summed E-state index contributed by atoms with van der Waals surface area (Å²) in [6, 6.07) is 5.83. The van der Waals surface area contributed by atoms with Crippen molar-refractivity contribution in [2.75, 3.05) is 13.7 Å². The highest BCUT2D eigenvalue weighted by Crippen LogP contribution is 2.21. The fourth-order valence-electron chi connectivity index (χ4n) is 2.35. The van der Waals surface area contributed by atoms with Crippen molar-refractivity contribution in [2.45, 2.75) is 32.1 Å². The molecule has 1 aromatic carbocycles. The van der Waals surface area contributed by atoms with Gasteiger partial charge in [-0.05, 0) is 38.8 Å². The van der Waals surface area contributed by atoms with Gasteiger partial charge in [0.2, 0.25) is 10.0 Å². The van der Waals surface area contributed by atoms with Gasteiger partial charge in [0.1, 0.15) is 16.3 Å². The number of nitrogens with zero attached hydrogens (tertiary/aromatic N) is 1. The number of hydrogen-bond donors (Lipinski definition) is 1. The maximum atomic E-state index is 12.3. The number of aromatic nitrogens is 1. The Bertz CT molecular complexity index is 746. The van der Waals surface area contributed by atoms with Crippen molar-refractivity contribution in [2.24, 2.45) is 0 Å². The first-order valence-corrected chi connectivity index (χ1v) is 8.39. The van der Waals surface area contributed by atoms with E-state index in [0.29, 0.717) is 12.1 Å². The molecule has 0 unspecified atom stereocenters. The molecule has 22 heavy (non-hydrogen) atoms. The first-order chi connectivity index (χ1) is 10.3. The molecular weight excluding hydrogens is 304 g/mol. The molecule has 0 atom stereocenters. The normalized spacial score (nSPS) is 11.6. The molecule has 0 aliphatic carbocycles. The van der Waals surface area contributed by atoms with Crippen LogP contribution in [0.15, 0.2) is 27.6 Å². The maximum Gasteiger partial charge on any atom is 0.245 e. The van der Waals surface area contributed by atoms with Gasteiger partial charge >= 0.3 is 0 Å². The molecule has 0 amide bonds. The quantitative estimate of drug-likeness (QED) is 0.880. The Morgan fingerprint density at radius 2 is 2.00 bits per heavy atom. The SMILES string of the molecule is COc1ccc(C)cc1CCNS(=O)(=O)c1c(C)noc1C. The minimum absolute atomic E-state index is 0.115. The summed E-state index contributed by atoms with van der Waals surface area (Å²) in [6.07, 6.45) is 0.535. The Hall–Kier alpha value is -1.86. The lowest BCUT2D eigenvalue weighted by Gasteiger charge is -2.10. The lowest BCUT2D eigenvalue weighted by atomic mass is 10.1. The summed E-state index contributed by atoms with van der Waals surface area (Å²) in [5.41, 5.74) is 2.42. The number of nitrogens with one attached hydrogen (secondary N) is 1. The summed E-state index contributed by atoms with van der Waals surface area (Å²) < 4.78 is 37.4. The summed E-state index contributed by atoms with van der Waals surface area (Å²) in [4.78, 5) is 0.115. The fraction of sp³-hybridized carbons (Fsp3) is 0.400. The van der Waals surface area contributed by atoms with Gasteiger partial charge in [-0.25, -0.2) is 13.1 Å². The second-order valence-corrected chi connectivity index (χ2v) is 6.82. The van der Waals surface area contributed by atoms with Crippen LogP contribution in [0.3, 0.4) is 0 Å². The minimum atomic E-state index is -3.63. The third-order valence-corrected chi connectivity index (χ3v) is 5.06. The molecule has 0 radical (unpaired) electrons. The van der Waals surface area contributed by atoms with E-state index in [1.165, 1.54) is 0 Å². The number of methoxy groups -OCH3 is 1. The standard InChI is InChI=1S/C15H20N2O4S/c1-10-5-6-14(20-4)13(9-10)7-8-16-22(18,19)15-11(2)17-21-12(15)3/h5-6,9,16H,7-8H2,1-4H3. The topological polar surface area (TPSA) is 81.4 Å². The molecule has 0 aliphatic rings. The zero-order valence-corrected chi connectivity index (χ0v) is 14.0. The van der Waals surface area contributed by atoms with Gasteiger partial charge in [0, 0.05) is 6.54 Å². The van der Waals surface area contributed by atoms with Crippen molar-refractivity contribution in [3.8, 4) is 5.75 Å². The Morgan fingerprint density at radius 1 is 1.27 bits per heavy atom. The second-order valence-electron chi connectivity index (χ2n) is 5.12. The van der Waals surface area contributed by atoms with Crippen LogP contribution in [0.25, 0.3) is 0 Å². The summed E-state index contributed by atoms with van der Waals surface area (Å²) in [5, 5.41) is 3.67. The molecule has 1 heterocycles. The van der Waals surface area contributed by atoms with E-state index in [9.17, 15) is 8.42 Å². The van der Waals surface area contributed by atoms with Crippen molar-refractivity contribution in [1.82, 2.24) is 9.88 Å². The molecular formula is C15H20N2O4S. The van der Waals surface area contributed by atoms with Gasteiger partial charge in [0.25, 0.3) is 0 Å². The maximum absolute atomic E-state index is 12.3. The third-order valence-electron chi connectivity index (χ3n) is 3.36. The zero-order valence-electron chi connectivity index (χ0n) is 13.1. The first kappa shape index (κ1) is 16.5. The van der Waals surface area contributed by atoms with Gasteiger partial charge in [-0.1, -0.05) is 22.9 Å². The number of benzene rings is 1. The van der Waals surface area contributed by atoms with E-state index in [2.05, 4.69) is 9.88 Å². The summed E-state index contributed by atoms with van der Waals surface area (Å²) in [7, 11) is -2.03. The molecule has 0 spiro atoms. The highest BCUT2D eigenvalue weighted by molar-refractivity contribution is 7.89. The number of rotatable bonds is 6. The van der Waals surface area contributed by atoms with E-state index in [0.717, 1.165) is 16.9 Å². The molecule has 1 N–H and O–H groups in total. The highest BCUT2D eigenvalue weighted by atomic mass is 32.2. The lowest BCUT2D eigenvalue weighted by Crippen LogP contribution is -2.27. The van der Waals surface area contributed by atoms with Crippen LogP contribution in [0.4, 0.5) is 0 Å². The van der Waals surface area contributed by atoms with Crippen molar-refractivity contribution < 1.29 is 17.7 Å². The van der Waals surface area contributed by atoms with Gasteiger partial charge in [-0.2, -0.15) is 0 Å². The average Bonchev–Trinajstić information content (AvgIpc) is 2.79. The van der Waals surface area contributed by atoms with Crippen molar-refractivity contribution in [3.05, 3.63) is 40.8 Å². The Kier molecular flexibility index (Phi) is 4.87. The molecule has 120 valence electrons. The molecule has 1 aromatic heterocycles. The molecule has 6 nitrogen and oxygen atoms in total. The van der Waals surface area contributed by atoms with Crippen LogP contribution >= 0.6 is 0 Å². The number of hydrogen-bond acceptors (Lipinski definition) is 5. The van der Waals surface area contributed by atoms with Gasteiger partial charge in [-0.3, -0.25) is 0 Å². The molecule has 2 rings (SSSR count). The number of aryl methyl sites for hydroxylation is 3. The van der Waals surface area contributed by atoms with Crippen molar-refractivity contribution >= 4 is 10.0 Å². The minimum Gasteiger partial charge on any atom is -0.496 e. The van der Waals surface area contributed by atoms with Crippen LogP contribution in [0.5, 0.6) is 5.75 Å². The molecule has 7 heteroatoms. The molecule has 0 aliphatic heterocycles. The molecule has 0 saturated heterocycles. The monoisotopic (exact) mass is 324 g/mol. The van der Waals surface area contributed by atoms with E-state index < -0.39 is 10.0 Å². The van der Waals surface area contributed by atoms with Crippen LogP contribution in [-0.4, -0.2) is 27.2 Å². The molecule has 0 saturated carbocycles. The van der Waals surface area contributed by atoms with Gasteiger partial charge in [-0.15, -0.1) is 0 Å². The smallest absolute Gasteiger partial charge is 0.245 e. The van der Waals surface area contributed by atoms with Crippen LogP contribution in [0.2, 0.25) is 0 Å². The summed E-state index contributed by atoms with van der Waals surface area (Å²) in [6.45, 7) is 5.44. The summed E-state index contributed by atoms with van der Waals surface area (Å²) in [5.74, 6) is 1.04. The predicted molar refractivity (Wildman–Crippen MR) is 82.6 cm³/mol. The predicted octanol–water partition coefficient (Wildman–Crippen LogP) is 2.13. The largest absolute Gasteiger partial charge is 0.496 e. The average molecular weight is 324 g/mol. The number of ether oxygens (including phenoxy) is 1. The van der Waals surface area contributed by atoms with Crippen LogP contribution in [0.1, 0.15) is 22.6 Å². The van der Waals surface area contributed by atoms with Crippen molar-refractivity contribution in [1.29, 1.82) is 0 Å². The number of sulfonamides is 1. The van der Waals surface area contributed by atoms with Gasteiger partial charge in [0.15, 0.2) is 5.76 Å². The molecule has 0 fully saturated rings. The van der Waals surface area contributed by atoms with Crippen LogP contribution in [-0.2, 0) is 16.4 Å². The van der Waals surface area contributed by atoms with Crippen LogP contribution < -0.4 is 9.46 Å². The second kappa shape index (κ2) is 6.50. The van der Waals surface area contributed by atoms with Crippen LogP contribution in [0, 0.1) is 20.8 Å². The lowest BCUT2D eigenvalue weighted by molar-refractivity contribution is 0.390. The fourth-order valence-corrected chi connectivity index (χ4v) is 3.71. The molecule has 2 aromatic rings.